The molecular weight excluding hydrogens is 421 g/mol. The fourth-order valence-corrected chi connectivity index (χ4v) is 5.38. The van der Waals surface area contributed by atoms with Crippen molar-refractivity contribution in [2.45, 2.75) is 17.5 Å². The number of alkyl halides is 3. The molecule has 0 saturated carbocycles. The summed E-state index contributed by atoms with van der Waals surface area (Å²) in [5.41, 5.74) is 2.49. The van der Waals surface area contributed by atoms with Gasteiger partial charge in [-0.25, -0.2) is 0 Å². The average Bonchev–Trinajstić information content (AvgIpc) is 3.49. The second-order valence-electron chi connectivity index (χ2n) is 7.08. The van der Waals surface area contributed by atoms with E-state index in [9.17, 15) is 13.2 Å². The summed E-state index contributed by atoms with van der Waals surface area (Å²) >= 11 is 1.46. The predicted octanol–water partition coefficient (Wildman–Crippen LogP) is 4.73. The van der Waals surface area contributed by atoms with Crippen molar-refractivity contribution < 1.29 is 31.8 Å². The maximum absolute atomic E-state index is 12.9. The highest BCUT2D eigenvalue weighted by Crippen LogP contribution is 2.61. The van der Waals surface area contributed by atoms with Gasteiger partial charge in [0.05, 0.1) is 17.9 Å². The molecule has 3 aliphatic heterocycles. The van der Waals surface area contributed by atoms with Gasteiger partial charge in [-0.15, -0.1) is 0 Å². The lowest BCUT2D eigenvalue weighted by atomic mass is 9.94. The Morgan fingerprint density at radius 2 is 1.90 bits per heavy atom. The van der Waals surface area contributed by atoms with Gasteiger partial charge in [0.1, 0.15) is 22.9 Å². The lowest BCUT2D eigenvalue weighted by molar-refractivity contribution is -0.153. The van der Waals surface area contributed by atoms with Crippen LogP contribution in [0.2, 0.25) is 0 Å². The molecule has 3 aromatic rings. The van der Waals surface area contributed by atoms with E-state index in [4.69, 9.17) is 18.6 Å². The van der Waals surface area contributed by atoms with Crippen molar-refractivity contribution in [3.8, 4) is 17.2 Å². The van der Waals surface area contributed by atoms with Crippen molar-refractivity contribution in [2.24, 2.45) is 0 Å². The largest absolute Gasteiger partial charge is 0.491 e. The smallest absolute Gasteiger partial charge is 0.449 e. The molecule has 0 bridgehead atoms. The van der Waals surface area contributed by atoms with Gasteiger partial charge < -0.3 is 22.9 Å². The van der Waals surface area contributed by atoms with Gasteiger partial charge in [-0.05, 0) is 42.3 Å². The third-order valence-electron chi connectivity index (χ3n) is 5.28. The van der Waals surface area contributed by atoms with Crippen LogP contribution in [0.4, 0.5) is 18.9 Å². The molecule has 1 atom stereocenters. The first-order valence-corrected chi connectivity index (χ1v) is 9.86. The highest BCUT2D eigenvalue weighted by atomic mass is 32.2. The van der Waals surface area contributed by atoms with Crippen LogP contribution in [0, 0.1) is 0 Å². The summed E-state index contributed by atoms with van der Waals surface area (Å²) in [6.07, 6.45) is -2.82. The molecule has 1 aromatic carbocycles. The monoisotopic (exact) mass is 434 g/mol. The average molecular weight is 434 g/mol. The Kier molecular flexibility index (Phi) is 3.57. The van der Waals surface area contributed by atoms with Crippen molar-refractivity contribution in [3.63, 3.8) is 0 Å². The summed E-state index contributed by atoms with van der Waals surface area (Å²) in [6.45, 7) is 0.642. The summed E-state index contributed by atoms with van der Waals surface area (Å²) < 4.78 is 62.0. The fraction of sp³-hybridized carbons (Fsp3) is 0.250. The Balaban J connectivity index is 1.39. The number of nitrogens with zero attached hydrogens (tertiary/aromatic N) is 2. The standard InChI is InChI=1S/C20H13F3N2O4S/c21-20(22,23)17-4-3-11(29-17)8-25-13-2-1-5-24-18(13)19(30-25)9-26-14-7-16-15(6-12(14)19)27-10-28-16/h1-7H,8-10H2. The molecule has 0 N–H and O–H groups in total. The van der Waals surface area contributed by atoms with E-state index in [1.54, 1.807) is 18.3 Å². The number of pyridine rings is 1. The topological polar surface area (TPSA) is 57.0 Å². The zero-order valence-electron chi connectivity index (χ0n) is 15.2. The SMILES string of the molecule is FC(F)(F)c1ccc(CN2SC3(COc4cc5c(cc43)OCO5)c3ncccc32)o1. The van der Waals surface area contributed by atoms with Crippen LogP contribution in [0.3, 0.4) is 0 Å². The molecule has 0 radical (unpaired) electrons. The van der Waals surface area contributed by atoms with Gasteiger partial charge in [0, 0.05) is 17.8 Å². The van der Waals surface area contributed by atoms with E-state index in [-0.39, 0.29) is 19.1 Å². The normalized spacial score (nSPS) is 21.1. The fourth-order valence-electron chi connectivity index (χ4n) is 3.95. The number of hydrogen-bond acceptors (Lipinski definition) is 7. The van der Waals surface area contributed by atoms with Crippen molar-refractivity contribution in [1.82, 2.24) is 4.98 Å². The molecule has 1 unspecified atom stereocenters. The Morgan fingerprint density at radius 3 is 2.70 bits per heavy atom. The summed E-state index contributed by atoms with van der Waals surface area (Å²) in [6, 6.07) is 9.69. The minimum absolute atomic E-state index is 0.152. The van der Waals surface area contributed by atoms with Gasteiger partial charge in [-0.1, -0.05) is 0 Å². The van der Waals surface area contributed by atoms with E-state index in [2.05, 4.69) is 4.98 Å². The molecule has 0 amide bonds. The van der Waals surface area contributed by atoms with Crippen LogP contribution in [0.15, 0.2) is 47.0 Å². The predicted molar refractivity (Wildman–Crippen MR) is 101 cm³/mol. The van der Waals surface area contributed by atoms with Crippen LogP contribution in [-0.2, 0) is 17.5 Å². The van der Waals surface area contributed by atoms with Crippen LogP contribution >= 0.6 is 11.9 Å². The van der Waals surface area contributed by atoms with Gasteiger partial charge in [0.25, 0.3) is 0 Å². The Labute approximate surface area is 172 Å². The van der Waals surface area contributed by atoms with E-state index in [1.807, 2.05) is 16.4 Å². The zero-order valence-corrected chi connectivity index (χ0v) is 16.0. The lowest BCUT2D eigenvalue weighted by Crippen LogP contribution is -2.25. The third-order valence-corrected chi connectivity index (χ3v) is 6.67. The van der Waals surface area contributed by atoms with E-state index >= 15 is 0 Å². The zero-order chi connectivity index (χ0) is 20.5. The number of benzene rings is 1. The first-order valence-electron chi connectivity index (χ1n) is 9.09. The molecule has 1 spiro atoms. The molecule has 3 aliphatic rings. The number of hydrogen-bond donors (Lipinski definition) is 0. The highest BCUT2D eigenvalue weighted by Gasteiger charge is 2.53. The second-order valence-corrected chi connectivity index (χ2v) is 8.40. The molecule has 5 heterocycles. The molecule has 6 rings (SSSR count). The first kappa shape index (κ1) is 17.8. The number of furan rings is 1. The quantitative estimate of drug-likeness (QED) is 0.541. The first-order chi connectivity index (χ1) is 14.4. The molecule has 154 valence electrons. The second kappa shape index (κ2) is 6.00. The maximum atomic E-state index is 12.9. The van der Waals surface area contributed by atoms with Crippen LogP contribution in [0.25, 0.3) is 0 Å². The molecule has 30 heavy (non-hydrogen) atoms. The molecule has 10 heteroatoms. The lowest BCUT2D eigenvalue weighted by Gasteiger charge is -2.22. The molecule has 2 aromatic heterocycles. The molecule has 6 nitrogen and oxygen atoms in total. The Morgan fingerprint density at radius 1 is 1.07 bits per heavy atom. The Hall–Kier alpha value is -3.01. The van der Waals surface area contributed by atoms with Crippen LogP contribution in [-0.4, -0.2) is 18.4 Å². The van der Waals surface area contributed by atoms with Gasteiger partial charge in [-0.2, -0.15) is 13.2 Å². The van der Waals surface area contributed by atoms with E-state index in [1.165, 1.54) is 18.0 Å². The van der Waals surface area contributed by atoms with Gasteiger partial charge in [0.2, 0.25) is 12.6 Å². The van der Waals surface area contributed by atoms with Gasteiger partial charge in [-0.3, -0.25) is 4.98 Å². The minimum atomic E-state index is -4.52. The Bertz CT molecular complexity index is 1170. The number of fused-ring (bicyclic) bond motifs is 5. The number of ether oxygens (including phenoxy) is 3. The van der Waals surface area contributed by atoms with Crippen LogP contribution < -0.4 is 18.5 Å². The summed E-state index contributed by atoms with van der Waals surface area (Å²) in [7, 11) is 0. The van der Waals surface area contributed by atoms with E-state index in [0.29, 0.717) is 23.9 Å². The van der Waals surface area contributed by atoms with Crippen molar-refractivity contribution in [3.05, 3.63) is 65.4 Å². The summed E-state index contributed by atoms with van der Waals surface area (Å²) in [5.74, 6) is 1.15. The highest BCUT2D eigenvalue weighted by molar-refractivity contribution is 8.02. The third kappa shape index (κ3) is 2.49. The van der Waals surface area contributed by atoms with Crippen LogP contribution in [0.5, 0.6) is 17.2 Å². The van der Waals surface area contributed by atoms with Gasteiger partial charge >= 0.3 is 6.18 Å². The molecule has 0 aliphatic carbocycles. The van der Waals surface area contributed by atoms with Crippen molar-refractivity contribution in [2.75, 3.05) is 17.7 Å². The van der Waals surface area contributed by atoms with Gasteiger partial charge in [0.15, 0.2) is 11.5 Å². The summed E-state index contributed by atoms with van der Waals surface area (Å²) in [5, 5.41) is 0. The number of aromatic nitrogens is 1. The minimum Gasteiger partial charge on any atom is -0.491 e. The molecule has 0 fully saturated rings. The van der Waals surface area contributed by atoms with E-state index in [0.717, 1.165) is 23.0 Å². The summed E-state index contributed by atoms with van der Waals surface area (Å²) in [4.78, 5) is 4.60. The van der Waals surface area contributed by atoms with Crippen molar-refractivity contribution >= 4 is 17.6 Å². The number of rotatable bonds is 2. The maximum Gasteiger partial charge on any atom is 0.449 e. The molecule has 0 saturated heterocycles. The number of anilines is 1. The number of halogens is 3. The molecular formula is C20H13F3N2O4S. The van der Waals surface area contributed by atoms with E-state index < -0.39 is 16.7 Å². The van der Waals surface area contributed by atoms with Crippen LogP contribution in [0.1, 0.15) is 22.8 Å². The van der Waals surface area contributed by atoms with Crippen molar-refractivity contribution in [1.29, 1.82) is 0 Å².